The van der Waals surface area contributed by atoms with Gasteiger partial charge in [0, 0.05) is 25.9 Å². The summed E-state index contributed by atoms with van der Waals surface area (Å²) in [5.74, 6) is 4.85. The summed E-state index contributed by atoms with van der Waals surface area (Å²) >= 11 is 0. The van der Waals surface area contributed by atoms with Crippen LogP contribution in [0.4, 0.5) is 0 Å². The summed E-state index contributed by atoms with van der Waals surface area (Å²) < 4.78 is 0. The first-order valence-electron chi connectivity index (χ1n) is 11.2. The van der Waals surface area contributed by atoms with Gasteiger partial charge in [0.2, 0.25) is 0 Å². The minimum atomic E-state index is -0.0737. The summed E-state index contributed by atoms with van der Waals surface area (Å²) in [6, 6.07) is 0. The largest absolute Gasteiger partial charge is 0.356 e. The number of hydrogen-bond acceptors (Lipinski definition) is 6. The zero-order chi connectivity index (χ0) is 20.8. The van der Waals surface area contributed by atoms with Crippen molar-refractivity contribution in [3.05, 3.63) is 0 Å². The normalized spacial score (nSPS) is 21.7. The molecule has 0 fully saturated rings. The molecule has 0 amide bonds. The second kappa shape index (κ2) is 13.5. The van der Waals surface area contributed by atoms with Crippen molar-refractivity contribution in [2.24, 2.45) is 43.9 Å². The van der Waals surface area contributed by atoms with Gasteiger partial charge < -0.3 is 9.80 Å². The number of aliphatic imine (C=N–C) groups is 2. The van der Waals surface area contributed by atoms with Crippen LogP contribution in [0.25, 0.3) is 0 Å². The first-order valence-corrected chi connectivity index (χ1v) is 11.2. The van der Waals surface area contributed by atoms with Gasteiger partial charge in [-0.2, -0.15) is 10.2 Å². The lowest BCUT2D eigenvalue weighted by atomic mass is 10.1. The van der Waals surface area contributed by atoms with Crippen LogP contribution >= 0.6 is 24.8 Å². The van der Waals surface area contributed by atoms with Crippen LogP contribution in [-0.4, -0.2) is 60.0 Å². The van der Waals surface area contributed by atoms with Gasteiger partial charge in [-0.3, -0.25) is 0 Å². The molecule has 2 aliphatic rings. The predicted octanol–water partition coefficient (Wildman–Crippen LogP) is 5.77. The van der Waals surface area contributed by atoms with Gasteiger partial charge in [-0.15, -0.1) is 24.8 Å². The van der Waals surface area contributed by atoms with Crippen molar-refractivity contribution >= 4 is 36.5 Å². The van der Waals surface area contributed by atoms with Crippen LogP contribution in [0.3, 0.4) is 0 Å². The first-order chi connectivity index (χ1) is 13.1. The summed E-state index contributed by atoms with van der Waals surface area (Å²) in [4.78, 5) is 14.6. The van der Waals surface area contributed by atoms with E-state index in [0.29, 0.717) is 23.7 Å². The third kappa shape index (κ3) is 9.51. The van der Waals surface area contributed by atoms with E-state index >= 15 is 0 Å². The average molecular weight is 464 g/mol. The van der Waals surface area contributed by atoms with E-state index < -0.39 is 0 Å². The van der Waals surface area contributed by atoms with Crippen molar-refractivity contribution in [1.82, 2.24) is 9.80 Å². The molecule has 0 saturated heterocycles. The average Bonchev–Trinajstić information content (AvgIpc) is 3.07. The van der Waals surface area contributed by atoms with E-state index in [2.05, 4.69) is 75.4 Å². The van der Waals surface area contributed by atoms with E-state index in [1.165, 1.54) is 11.7 Å². The van der Waals surface area contributed by atoms with Crippen molar-refractivity contribution in [1.29, 1.82) is 0 Å². The minimum Gasteiger partial charge on any atom is -0.356 e. The summed E-state index contributed by atoms with van der Waals surface area (Å²) in [7, 11) is 0. The summed E-state index contributed by atoms with van der Waals surface area (Å²) in [6.45, 7) is 21.8. The molecule has 0 bridgehead atoms. The fraction of sp³-hybridized carbons (Fsp3) is 0.909. The van der Waals surface area contributed by atoms with E-state index in [4.69, 9.17) is 9.98 Å². The third-order valence-electron chi connectivity index (χ3n) is 4.78. The molecule has 2 unspecified atom stereocenters. The third-order valence-corrected chi connectivity index (χ3v) is 4.78. The molecule has 8 heteroatoms. The smallest absolute Gasteiger partial charge is 0.179 e. The Kier molecular flexibility index (Phi) is 13.1. The Bertz CT molecular complexity index is 536. The zero-order valence-electron chi connectivity index (χ0n) is 20.2. The number of amidine groups is 2. The molecule has 0 aliphatic carbocycles. The minimum absolute atomic E-state index is 0. The number of rotatable bonds is 10. The van der Waals surface area contributed by atoms with Crippen LogP contribution in [0.1, 0.15) is 68.2 Å². The van der Waals surface area contributed by atoms with Crippen LogP contribution in [-0.2, 0) is 0 Å². The highest BCUT2D eigenvalue weighted by atomic mass is 35.5. The Balaban J connectivity index is 0.00000420. The Morgan fingerprint density at radius 1 is 0.667 bits per heavy atom. The molecule has 0 radical (unpaired) electrons. The monoisotopic (exact) mass is 462 g/mol. The SMILES string of the molecule is CC(C)CC1=NC(/N=N/C2CN(CC(C)C)C(CC(C)C)=N2)CN1CC(C)C.Cl.Cl. The van der Waals surface area contributed by atoms with Crippen LogP contribution in [0.5, 0.6) is 0 Å². The topological polar surface area (TPSA) is 55.9 Å². The maximum absolute atomic E-state index is 4.88. The molecule has 0 spiro atoms. The van der Waals surface area contributed by atoms with Crippen LogP contribution in [0, 0.1) is 23.7 Å². The maximum Gasteiger partial charge on any atom is 0.179 e. The van der Waals surface area contributed by atoms with E-state index in [9.17, 15) is 0 Å². The van der Waals surface area contributed by atoms with E-state index in [1.807, 2.05) is 0 Å². The van der Waals surface area contributed by atoms with Gasteiger partial charge in [0.1, 0.15) is 11.7 Å². The molecule has 30 heavy (non-hydrogen) atoms. The molecular weight excluding hydrogens is 419 g/mol. The van der Waals surface area contributed by atoms with Crippen molar-refractivity contribution < 1.29 is 0 Å². The van der Waals surface area contributed by atoms with Crippen LogP contribution in [0.15, 0.2) is 20.2 Å². The molecular formula is C22H44Cl2N6. The highest BCUT2D eigenvalue weighted by molar-refractivity contribution is 5.86. The lowest BCUT2D eigenvalue weighted by molar-refractivity contribution is 0.352. The Hall–Kier alpha value is -0.880. The van der Waals surface area contributed by atoms with Gasteiger partial charge in [0.05, 0.1) is 13.1 Å². The van der Waals surface area contributed by atoms with Gasteiger partial charge in [0.25, 0.3) is 0 Å². The molecule has 0 aromatic carbocycles. The van der Waals surface area contributed by atoms with Crippen molar-refractivity contribution in [3.8, 4) is 0 Å². The zero-order valence-corrected chi connectivity index (χ0v) is 21.8. The predicted molar refractivity (Wildman–Crippen MR) is 134 cm³/mol. The molecule has 0 saturated carbocycles. The second-order valence-electron chi connectivity index (χ2n) is 10.1. The molecule has 2 rings (SSSR count). The second-order valence-corrected chi connectivity index (χ2v) is 10.1. The van der Waals surface area contributed by atoms with Gasteiger partial charge in [-0.25, -0.2) is 9.98 Å². The molecule has 2 atom stereocenters. The Labute approximate surface area is 196 Å². The number of halogens is 2. The van der Waals surface area contributed by atoms with E-state index in [0.717, 1.165) is 39.0 Å². The lowest BCUT2D eigenvalue weighted by Crippen LogP contribution is -2.33. The lowest BCUT2D eigenvalue weighted by Gasteiger charge is -2.23. The van der Waals surface area contributed by atoms with Crippen molar-refractivity contribution in [3.63, 3.8) is 0 Å². The summed E-state index contributed by atoms with van der Waals surface area (Å²) in [5.41, 5.74) is 0. The quantitative estimate of drug-likeness (QED) is 0.387. The highest BCUT2D eigenvalue weighted by Crippen LogP contribution is 2.21. The number of nitrogens with zero attached hydrogens (tertiary/aromatic N) is 6. The van der Waals surface area contributed by atoms with Crippen LogP contribution in [0.2, 0.25) is 0 Å². The van der Waals surface area contributed by atoms with Gasteiger partial charge in [0.15, 0.2) is 12.3 Å². The number of azo groups is 1. The molecule has 0 N–H and O–H groups in total. The van der Waals surface area contributed by atoms with E-state index in [-0.39, 0.29) is 37.1 Å². The van der Waals surface area contributed by atoms with Gasteiger partial charge in [-0.05, 0) is 23.7 Å². The molecule has 2 heterocycles. The standard InChI is InChI=1S/C22H42N6.2ClH/c1-15(2)9-21-23-19(13-27(21)11-17(5)6)25-26-20-14-28(12-18(7)8)22(24-20)10-16(3)4;;/h15-20H,9-14H2,1-8H3;2*1H/b26-25+;;. The molecule has 6 nitrogen and oxygen atoms in total. The molecule has 0 aromatic rings. The number of hydrogen-bond donors (Lipinski definition) is 0. The Morgan fingerprint density at radius 3 is 1.27 bits per heavy atom. The molecule has 0 aromatic heterocycles. The molecule has 176 valence electrons. The molecule has 2 aliphatic heterocycles. The van der Waals surface area contributed by atoms with Crippen LogP contribution < -0.4 is 0 Å². The van der Waals surface area contributed by atoms with Crippen molar-refractivity contribution in [2.45, 2.75) is 80.6 Å². The van der Waals surface area contributed by atoms with Gasteiger partial charge in [-0.1, -0.05) is 55.4 Å². The highest BCUT2D eigenvalue weighted by Gasteiger charge is 2.28. The summed E-state index contributed by atoms with van der Waals surface area (Å²) in [6.07, 6.45) is 1.88. The maximum atomic E-state index is 4.88. The fourth-order valence-corrected chi connectivity index (χ4v) is 3.81. The van der Waals surface area contributed by atoms with E-state index in [1.54, 1.807) is 0 Å². The summed E-state index contributed by atoms with van der Waals surface area (Å²) in [5, 5.41) is 9.22. The van der Waals surface area contributed by atoms with Crippen molar-refractivity contribution in [2.75, 3.05) is 26.2 Å². The van der Waals surface area contributed by atoms with Gasteiger partial charge >= 0.3 is 0 Å². The Morgan fingerprint density at radius 2 is 1.00 bits per heavy atom. The fourth-order valence-electron chi connectivity index (χ4n) is 3.81. The first kappa shape index (κ1) is 29.1.